The van der Waals surface area contributed by atoms with Crippen LogP contribution in [0, 0.1) is 6.92 Å². The molecule has 0 unspecified atom stereocenters. The van der Waals surface area contributed by atoms with E-state index in [1.54, 1.807) is 36.4 Å². The number of hydrogen-bond acceptors (Lipinski definition) is 4. The summed E-state index contributed by atoms with van der Waals surface area (Å²) in [4.78, 5) is 0.887. The Hall–Kier alpha value is -1.46. The molecule has 2 aromatic carbocycles. The van der Waals surface area contributed by atoms with Crippen LogP contribution in [0.2, 0.25) is 0 Å². The van der Waals surface area contributed by atoms with E-state index in [9.17, 15) is 8.42 Å². The van der Waals surface area contributed by atoms with Crippen molar-refractivity contribution >= 4 is 22.7 Å². The standard InChI is InChI=1S/C13H12O3S2/c1-10-2-8-13(9-3-10)18(14,15)16-11-4-6-12(17)7-5-11/h2-9,17H,1H3. The van der Waals surface area contributed by atoms with Gasteiger partial charge in [-0.1, -0.05) is 17.7 Å². The van der Waals surface area contributed by atoms with Gasteiger partial charge in [-0.05, 0) is 43.3 Å². The number of benzene rings is 2. The second-order valence-corrected chi connectivity index (χ2v) is 5.91. The van der Waals surface area contributed by atoms with Gasteiger partial charge in [-0.3, -0.25) is 0 Å². The zero-order chi connectivity index (χ0) is 13.2. The van der Waals surface area contributed by atoms with Crippen LogP contribution in [0.1, 0.15) is 5.56 Å². The average Bonchev–Trinajstić information content (AvgIpc) is 2.32. The van der Waals surface area contributed by atoms with Gasteiger partial charge in [0.05, 0.1) is 0 Å². The number of rotatable bonds is 3. The third-order valence-corrected chi connectivity index (χ3v) is 3.91. The van der Waals surface area contributed by atoms with Crippen LogP contribution in [0.25, 0.3) is 0 Å². The molecule has 0 amide bonds. The lowest BCUT2D eigenvalue weighted by molar-refractivity contribution is 0.486. The van der Waals surface area contributed by atoms with E-state index >= 15 is 0 Å². The summed E-state index contributed by atoms with van der Waals surface area (Å²) >= 11 is 4.12. The van der Waals surface area contributed by atoms with Crippen LogP contribution in [0.3, 0.4) is 0 Å². The van der Waals surface area contributed by atoms with E-state index in [1.807, 2.05) is 6.92 Å². The largest absolute Gasteiger partial charge is 0.379 e. The van der Waals surface area contributed by atoms with E-state index in [2.05, 4.69) is 12.6 Å². The van der Waals surface area contributed by atoms with Crippen LogP contribution >= 0.6 is 12.6 Å². The first-order valence-electron chi connectivity index (χ1n) is 5.27. The molecule has 2 aromatic rings. The Labute approximate surface area is 112 Å². The Morgan fingerprint density at radius 3 is 2.06 bits per heavy atom. The fraction of sp³-hybridized carbons (Fsp3) is 0.0769. The normalized spacial score (nSPS) is 11.2. The molecule has 0 saturated heterocycles. The molecular formula is C13H12O3S2. The summed E-state index contributed by atoms with van der Waals surface area (Å²) in [7, 11) is -3.77. The maximum atomic E-state index is 12.0. The van der Waals surface area contributed by atoms with Crippen LogP contribution in [-0.4, -0.2) is 8.42 Å². The van der Waals surface area contributed by atoms with Crippen LogP contribution in [0.15, 0.2) is 58.3 Å². The van der Waals surface area contributed by atoms with Crippen LogP contribution < -0.4 is 4.18 Å². The summed E-state index contributed by atoms with van der Waals surface area (Å²) < 4.78 is 28.9. The first kappa shape index (κ1) is 13.0. The minimum atomic E-state index is -3.77. The molecule has 18 heavy (non-hydrogen) atoms. The van der Waals surface area contributed by atoms with E-state index in [1.165, 1.54) is 12.1 Å². The van der Waals surface area contributed by atoms with E-state index in [0.29, 0.717) is 0 Å². The summed E-state index contributed by atoms with van der Waals surface area (Å²) in [6.07, 6.45) is 0. The maximum absolute atomic E-state index is 12.0. The van der Waals surface area contributed by atoms with Crippen molar-refractivity contribution in [3.8, 4) is 5.75 Å². The quantitative estimate of drug-likeness (QED) is 0.694. The van der Waals surface area contributed by atoms with Crippen molar-refractivity contribution in [1.29, 1.82) is 0 Å². The molecule has 0 spiro atoms. The van der Waals surface area contributed by atoms with Gasteiger partial charge in [-0.15, -0.1) is 12.6 Å². The first-order valence-corrected chi connectivity index (χ1v) is 7.13. The van der Waals surface area contributed by atoms with Gasteiger partial charge in [-0.2, -0.15) is 8.42 Å². The van der Waals surface area contributed by atoms with Gasteiger partial charge < -0.3 is 4.18 Å². The van der Waals surface area contributed by atoms with Crippen molar-refractivity contribution < 1.29 is 12.6 Å². The molecule has 0 aliphatic carbocycles. The molecule has 3 nitrogen and oxygen atoms in total. The van der Waals surface area contributed by atoms with Gasteiger partial charge in [0.25, 0.3) is 0 Å². The van der Waals surface area contributed by atoms with Gasteiger partial charge in [0, 0.05) is 4.90 Å². The number of thiol groups is 1. The van der Waals surface area contributed by atoms with E-state index < -0.39 is 10.1 Å². The molecule has 0 N–H and O–H groups in total. The maximum Gasteiger partial charge on any atom is 0.339 e. The van der Waals surface area contributed by atoms with Gasteiger partial charge in [0.15, 0.2) is 0 Å². The highest BCUT2D eigenvalue weighted by Gasteiger charge is 2.15. The topological polar surface area (TPSA) is 43.4 Å². The average molecular weight is 280 g/mol. The fourth-order valence-electron chi connectivity index (χ4n) is 1.38. The number of aryl methyl sites for hydroxylation is 1. The summed E-state index contributed by atoms with van der Waals surface area (Å²) in [6, 6.07) is 13.0. The lowest BCUT2D eigenvalue weighted by atomic mass is 10.2. The smallest absolute Gasteiger partial charge is 0.339 e. The Morgan fingerprint density at radius 1 is 0.944 bits per heavy atom. The van der Waals surface area contributed by atoms with Crippen LogP contribution in [0.4, 0.5) is 0 Å². The molecule has 0 saturated carbocycles. The zero-order valence-electron chi connectivity index (χ0n) is 9.70. The van der Waals surface area contributed by atoms with Crippen LogP contribution in [-0.2, 0) is 10.1 Å². The molecular weight excluding hydrogens is 268 g/mol. The minimum absolute atomic E-state index is 0.142. The zero-order valence-corrected chi connectivity index (χ0v) is 11.4. The van der Waals surface area contributed by atoms with Crippen molar-refractivity contribution in [3.05, 3.63) is 54.1 Å². The van der Waals surface area contributed by atoms with Gasteiger partial charge >= 0.3 is 10.1 Å². The third kappa shape index (κ3) is 3.05. The molecule has 0 aromatic heterocycles. The molecule has 2 rings (SSSR count). The molecule has 0 aliphatic heterocycles. The summed E-state index contributed by atoms with van der Waals surface area (Å²) in [6.45, 7) is 1.89. The van der Waals surface area contributed by atoms with Gasteiger partial charge in [0.1, 0.15) is 10.6 Å². The summed E-state index contributed by atoms with van der Waals surface area (Å²) in [5.74, 6) is 0.272. The molecule has 0 bridgehead atoms. The van der Waals surface area contributed by atoms with Gasteiger partial charge in [0.2, 0.25) is 0 Å². The Morgan fingerprint density at radius 2 is 1.50 bits per heavy atom. The van der Waals surface area contributed by atoms with E-state index in [-0.39, 0.29) is 10.6 Å². The second kappa shape index (κ2) is 5.04. The van der Waals surface area contributed by atoms with Crippen molar-refractivity contribution in [3.63, 3.8) is 0 Å². The molecule has 0 fully saturated rings. The van der Waals surface area contributed by atoms with Crippen molar-refractivity contribution in [1.82, 2.24) is 0 Å². The third-order valence-electron chi connectivity index (χ3n) is 2.35. The minimum Gasteiger partial charge on any atom is -0.379 e. The first-order chi connectivity index (χ1) is 8.47. The van der Waals surface area contributed by atoms with Crippen molar-refractivity contribution in [2.45, 2.75) is 16.7 Å². The molecule has 94 valence electrons. The summed E-state index contributed by atoms with van der Waals surface area (Å²) in [5, 5.41) is 0. The highest BCUT2D eigenvalue weighted by Crippen LogP contribution is 2.20. The van der Waals surface area contributed by atoms with Gasteiger partial charge in [-0.25, -0.2) is 0 Å². The number of hydrogen-bond donors (Lipinski definition) is 1. The summed E-state index contributed by atoms with van der Waals surface area (Å²) in [5.41, 5.74) is 0.994. The van der Waals surface area contributed by atoms with Crippen LogP contribution in [0.5, 0.6) is 5.75 Å². The predicted octanol–water partition coefficient (Wildman–Crippen LogP) is 3.05. The van der Waals surface area contributed by atoms with E-state index in [4.69, 9.17) is 4.18 Å². The molecule has 0 atom stereocenters. The fourth-order valence-corrected chi connectivity index (χ4v) is 2.46. The highest BCUT2D eigenvalue weighted by molar-refractivity contribution is 7.87. The molecule has 0 heterocycles. The Bertz CT molecular complexity index is 629. The predicted molar refractivity (Wildman–Crippen MR) is 72.7 cm³/mol. The lowest BCUT2D eigenvalue weighted by Gasteiger charge is -2.07. The Balaban J connectivity index is 2.27. The van der Waals surface area contributed by atoms with Crippen molar-refractivity contribution in [2.75, 3.05) is 0 Å². The molecule has 0 radical (unpaired) electrons. The lowest BCUT2D eigenvalue weighted by Crippen LogP contribution is -2.09. The molecule has 0 aliphatic rings. The monoisotopic (exact) mass is 280 g/mol. The molecule has 5 heteroatoms. The highest BCUT2D eigenvalue weighted by atomic mass is 32.2. The van der Waals surface area contributed by atoms with E-state index in [0.717, 1.165) is 10.5 Å². The second-order valence-electron chi connectivity index (χ2n) is 3.84. The Kier molecular flexibility index (Phi) is 3.63. The SMILES string of the molecule is Cc1ccc(S(=O)(=O)Oc2ccc(S)cc2)cc1. The van der Waals surface area contributed by atoms with Crippen molar-refractivity contribution in [2.24, 2.45) is 0 Å².